The van der Waals surface area contributed by atoms with Crippen LogP contribution in [0.25, 0.3) is 5.69 Å². The SMILES string of the molecule is O=C(O)N1CCC2(CCN(c3nnnn3-c3ccccc3)C2)C1. The number of rotatable bonds is 2. The summed E-state index contributed by atoms with van der Waals surface area (Å²) >= 11 is 0. The third-order valence-electron chi connectivity index (χ3n) is 4.88. The summed E-state index contributed by atoms with van der Waals surface area (Å²) in [5.74, 6) is 0.724. The number of carbonyl (C=O) groups is 1. The Kier molecular flexibility index (Phi) is 3.17. The van der Waals surface area contributed by atoms with Crippen LogP contribution in [0.5, 0.6) is 0 Å². The molecule has 2 aliphatic heterocycles. The molecule has 2 saturated heterocycles. The van der Waals surface area contributed by atoms with Crippen molar-refractivity contribution in [2.24, 2.45) is 5.41 Å². The summed E-state index contributed by atoms with van der Waals surface area (Å²) in [6, 6.07) is 9.79. The lowest BCUT2D eigenvalue weighted by Crippen LogP contribution is -2.33. The zero-order valence-electron chi connectivity index (χ0n) is 12.7. The van der Waals surface area contributed by atoms with Crippen molar-refractivity contribution in [2.45, 2.75) is 12.8 Å². The monoisotopic (exact) mass is 314 g/mol. The number of carboxylic acid groups (broad SMARTS) is 1. The number of anilines is 1. The van der Waals surface area contributed by atoms with E-state index in [9.17, 15) is 9.90 Å². The summed E-state index contributed by atoms with van der Waals surface area (Å²) in [5.41, 5.74) is 0.957. The van der Waals surface area contributed by atoms with Gasteiger partial charge in [0.05, 0.1) is 5.69 Å². The fraction of sp³-hybridized carbons (Fsp3) is 0.467. The second kappa shape index (κ2) is 5.22. The predicted molar refractivity (Wildman–Crippen MR) is 82.6 cm³/mol. The van der Waals surface area contributed by atoms with E-state index in [1.165, 1.54) is 4.90 Å². The van der Waals surface area contributed by atoms with Crippen molar-refractivity contribution in [1.82, 2.24) is 25.1 Å². The number of hydrogen-bond donors (Lipinski definition) is 1. The highest BCUT2D eigenvalue weighted by molar-refractivity contribution is 5.65. The Bertz CT molecular complexity index is 718. The summed E-state index contributed by atoms with van der Waals surface area (Å²) in [6.07, 6.45) is 1.05. The maximum absolute atomic E-state index is 11.2. The Morgan fingerprint density at radius 3 is 2.65 bits per heavy atom. The van der Waals surface area contributed by atoms with Gasteiger partial charge in [0.25, 0.3) is 0 Å². The lowest BCUT2D eigenvalue weighted by molar-refractivity contribution is 0.150. The Labute approximate surface area is 133 Å². The van der Waals surface area contributed by atoms with Crippen LogP contribution in [0.2, 0.25) is 0 Å². The quantitative estimate of drug-likeness (QED) is 0.897. The van der Waals surface area contributed by atoms with Crippen LogP contribution in [0.4, 0.5) is 10.7 Å². The molecule has 3 heterocycles. The molecule has 2 aromatic rings. The van der Waals surface area contributed by atoms with Crippen molar-refractivity contribution in [3.63, 3.8) is 0 Å². The molecule has 8 heteroatoms. The Balaban J connectivity index is 1.56. The highest BCUT2D eigenvalue weighted by atomic mass is 16.4. The summed E-state index contributed by atoms with van der Waals surface area (Å²) in [4.78, 5) is 14.8. The van der Waals surface area contributed by atoms with Crippen molar-refractivity contribution in [1.29, 1.82) is 0 Å². The minimum absolute atomic E-state index is 0.0336. The van der Waals surface area contributed by atoms with Gasteiger partial charge in [0.15, 0.2) is 0 Å². The molecule has 2 fully saturated rings. The first-order valence-corrected chi connectivity index (χ1v) is 7.74. The third-order valence-corrected chi connectivity index (χ3v) is 4.88. The van der Waals surface area contributed by atoms with E-state index in [2.05, 4.69) is 20.4 Å². The summed E-state index contributed by atoms with van der Waals surface area (Å²) in [5, 5.41) is 21.3. The molecule has 1 atom stereocenters. The van der Waals surface area contributed by atoms with Crippen LogP contribution in [0.15, 0.2) is 30.3 Å². The largest absolute Gasteiger partial charge is 0.465 e. The topological polar surface area (TPSA) is 87.4 Å². The average molecular weight is 314 g/mol. The van der Waals surface area contributed by atoms with Crippen LogP contribution in [-0.4, -0.2) is 62.5 Å². The van der Waals surface area contributed by atoms with E-state index >= 15 is 0 Å². The minimum atomic E-state index is -0.825. The predicted octanol–water partition coefficient (Wildman–Crippen LogP) is 1.24. The first kappa shape index (κ1) is 14.0. The van der Waals surface area contributed by atoms with E-state index in [0.29, 0.717) is 13.1 Å². The smallest absolute Gasteiger partial charge is 0.407 e. The number of aromatic nitrogens is 4. The van der Waals surface area contributed by atoms with Crippen LogP contribution in [0.3, 0.4) is 0 Å². The highest BCUT2D eigenvalue weighted by Crippen LogP contribution is 2.40. The Hall–Kier alpha value is -2.64. The number of benzene rings is 1. The molecule has 0 bridgehead atoms. The number of tetrazole rings is 1. The van der Waals surface area contributed by atoms with Gasteiger partial charge in [-0.3, -0.25) is 0 Å². The van der Waals surface area contributed by atoms with Crippen molar-refractivity contribution >= 4 is 12.0 Å². The molecule has 0 radical (unpaired) electrons. The Morgan fingerprint density at radius 1 is 1.13 bits per heavy atom. The van der Waals surface area contributed by atoms with Gasteiger partial charge in [-0.2, -0.15) is 4.68 Å². The van der Waals surface area contributed by atoms with Crippen molar-refractivity contribution in [3.05, 3.63) is 30.3 Å². The maximum atomic E-state index is 11.2. The van der Waals surface area contributed by atoms with E-state index < -0.39 is 6.09 Å². The normalized spacial score (nSPS) is 23.8. The molecular weight excluding hydrogens is 296 g/mol. The van der Waals surface area contributed by atoms with Crippen LogP contribution < -0.4 is 4.90 Å². The summed E-state index contributed by atoms with van der Waals surface area (Å²) in [7, 11) is 0. The molecule has 1 spiro atoms. The van der Waals surface area contributed by atoms with E-state index in [1.54, 1.807) is 4.68 Å². The van der Waals surface area contributed by atoms with Crippen LogP contribution in [0.1, 0.15) is 12.8 Å². The van der Waals surface area contributed by atoms with Gasteiger partial charge >= 0.3 is 6.09 Å². The molecule has 23 heavy (non-hydrogen) atoms. The van der Waals surface area contributed by atoms with Gasteiger partial charge < -0.3 is 14.9 Å². The van der Waals surface area contributed by atoms with Crippen molar-refractivity contribution in [2.75, 3.05) is 31.1 Å². The van der Waals surface area contributed by atoms with Gasteiger partial charge in [-0.25, -0.2) is 4.79 Å². The molecule has 1 aromatic heterocycles. The van der Waals surface area contributed by atoms with Crippen molar-refractivity contribution in [3.8, 4) is 5.69 Å². The molecule has 8 nitrogen and oxygen atoms in total. The fourth-order valence-electron chi connectivity index (χ4n) is 3.65. The van der Waals surface area contributed by atoms with E-state index in [-0.39, 0.29) is 5.41 Å². The van der Waals surface area contributed by atoms with Gasteiger partial charge in [0.2, 0.25) is 5.95 Å². The van der Waals surface area contributed by atoms with Gasteiger partial charge in [-0.1, -0.05) is 23.3 Å². The lowest BCUT2D eigenvalue weighted by atomic mass is 9.86. The first-order valence-electron chi connectivity index (χ1n) is 7.74. The van der Waals surface area contributed by atoms with E-state index in [4.69, 9.17) is 0 Å². The molecule has 1 aromatic carbocycles. The number of hydrogen-bond acceptors (Lipinski definition) is 5. The standard InChI is InChI=1S/C15H18N6O2/c22-14(23)20-9-7-15(11-20)6-8-19(10-15)13-16-17-18-21(13)12-4-2-1-3-5-12/h1-5H,6-11H2,(H,22,23). The van der Waals surface area contributed by atoms with Gasteiger partial charge in [0, 0.05) is 31.6 Å². The van der Waals surface area contributed by atoms with Crippen LogP contribution in [-0.2, 0) is 0 Å². The maximum Gasteiger partial charge on any atom is 0.407 e. The van der Waals surface area contributed by atoms with E-state index in [1.807, 2.05) is 30.3 Å². The highest BCUT2D eigenvalue weighted by Gasteiger charge is 2.45. The number of likely N-dealkylation sites (tertiary alicyclic amines) is 1. The van der Waals surface area contributed by atoms with Gasteiger partial charge in [0.1, 0.15) is 0 Å². The first-order chi connectivity index (χ1) is 11.2. The molecule has 0 saturated carbocycles. The molecule has 4 rings (SSSR count). The number of nitrogens with zero attached hydrogens (tertiary/aromatic N) is 6. The number of amides is 1. The molecule has 0 aliphatic carbocycles. The van der Waals surface area contributed by atoms with Crippen LogP contribution in [0, 0.1) is 5.41 Å². The Morgan fingerprint density at radius 2 is 1.91 bits per heavy atom. The average Bonchev–Trinajstić information content (AvgIpc) is 3.29. The molecular formula is C15H18N6O2. The second-order valence-corrected chi connectivity index (χ2v) is 6.35. The molecule has 120 valence electrons. The number of para-hydroxylation sites is 1. The van der Waals surface area contributed by atoms with Gasteiger partial charge in [-0.05, 0) is 35.4 Å². The fourth-order valence-corrected chi connectivity index (χ4v) is 3.65. The van der Waals surface area contributed by atoms with Crippen LogP contribution >= 0.6 is 0 Å². The van der Waals surface area contributed by atoms with Gasteiger partial charge in [-0.15, -0.1) is 0 Å². The van der Waals surface area contributed by atoms with E-state index in [0.717, 1.165) is 37.6 Å². The zero-order chi connectivity index (χ0) is 15.9. The van der Waals surface area contributed by atoms with Crippen molar-refractivity contribution < 1.29 is 9.90 Å². The second-order valence-electron chi connectivity index (χ2n) is 6.35. The summed E-state index contributed by atoms with van der Waals surface area (Å²) in [6.45, 7) is 2.86. The molecule has 1 N–H and O–H groups in total. The third kappa shape index (κ3) is 2.39. The molecule has 1 unspecified atom stereocenters. The minimum Gasteiger partial charge on any atom is -0.465 e. The zero-order valence-corrected chi connectivity index (χ0v) is 12.7. The molecule has 2 aliphatic rings. The summed E-state index contributed by atoms with van der Waals surface area (Å²) < 4.78 is 1.74. The molecule has 1 amide bonds. The lowest BCUT2D eigenvalue weighted by Gasteiger charge is -2.24.